The molecule has 0 saturated carbocycles. The van der Waals surface area contributed by atoms with Crippen LogP contribution in [0.1, 0.15) is 23.2 Å². The maximum absolute atomic E-state index is 12.4. The van der Waals surface area contributed by atoms with Crippen LogP contribution in [-0.4, -0.2) is 51.4 Å². The van der Waals surface area contributed by atoms with Gasteiger partial charge in [-0.25, -0.2) is 8.42 Å². The van der Waals surface area contributed by atoms with Crippen LogP contribution >= 0.6 is 0 Å². The minimum Gasteiger partial charge on any atom is -0.352 e. The van der Waals surface area contributed by atoms with E-state index in [0.717, 1.165) is 25.9 Å². The second-order valence-corrected chi connectivity index (χ2v) is 7.81. The van der Waals surface area contributed by atoms with Gasteiger partial charge < -0.3 is 10.6 Å². The Morgan fingerprint density at radius 3 is 2.36 bits per heavy atom. The maximum Gasteiger partial charge on any atom is 0.251 e. The molecule has 1 amide bonds. The second kappa shape index (κ2) is 6.36. The van der Waals surface area contributed by atoms with Crippen molar-refractivity contribution in [3.63, 3.8) is 0 Å². The molecule has 2 saturated heterocycles. The van der Waals surface area contributed by atoms with E-state index in [-0.39, 0.29) is 10.8 Å². The number of amides is 1. The van der Waals surface area contributed by atoms with E-state index >= 15 is 0 Å². The number of hydrogen-bond acceptors (Lipinski definition) is 4. The van der Waals surface area contributed by atoms with Gasteiger partial charge in [0.2, 0.25) is 10.0 Å². The summed E-state index contributed by atoms with van der Waals surface area (Å²) >= 11 is 0. The van der Waals surface area contributed by atoms with Crippen LogP contribution in [0.4, 0.5) is 0 Å². The van der Waals surface area contributed by atoms with Gasteiger partial charge in [-0.2, -0.15) is 4.31 Å². The third-order valence-corrected chi connectivity index (χ3v) is 6.15. The average molecular weight is 323 g/mol. The summed E-state index contributed by atoms with van der Waals surface area (Å²) in [5.74, 6) is 0.343. The molecule has 7 heteroatoms. The zero-order valence-corrected chi connectivity index (χ0v) is 13.2. The molecule has 22 heavy (non-hydrogen) atoms. The first-order valence-corrected chi connectivity index (χ1v) is 9.10. The highest BCUT2D eigenvalue weighted by Gasteiger charge is 2.27. The third-order valence-electron chi connectivity index (χ3n) is 4.24. The number of nitrogens with one attached hydrogen (secondary N) is 2. The van der Waals surface area contributed by atoms with Gasteiger partial charge in [0.25, 0.3) is 5.91 Å². The van der Waals surface area contributed by atoms with Crippen molar-refractivity contribution in [1.82, 2.24) is 14.9 Å². The summed E-state index contributed by atoms with van der Waals surface area (Å²) in [7, 11) is -3.41. The van der Waals surface area contributed by atoms with Crippen LogP contribution in [-0.2, 0) is 10.0 Å². The van der Waals surface area contributed by atoms with E-state index in [9.17, 15) is 13.2 Å². The molecule has 2 aliphatic heterocycles. The quantitative estimate of drug-likeness (QED) is 0.823. The first-order chi connectivity index (χ1) is 10.6. The monoisotopic (exact) mass is 323 g/mol. The first-order valence-electron chi connectivity index (χ1n) is 7.66. The van der Waals surface area contributed by atoms with Crippen molar-refractivity contribution in [2.24, 2.45) is 5.92 Å². The van der Waals surface area contributed by atoms with Crippen LogP contribution in [0.5, 0.6) is 0 Å². The second-order valence-electron chi connectivity index (χ2n) is 5.87. The standard InChI is InChI=1S/C15H21N3O3S/c19-15(17-11-12-9-16-10-12)13-3-5-14(6-4-13)22(20,21)18-7-1-2-8-18/h3-6,12,16H,1-2,7-11H2,(H,17,19). The summed E-state index contributed by atoms with van der Waals surface area (Å²) in [6.07, 6.45) is 1.82. The Bertz CT molecular complexity index is 633. The maximum atomic E-state index is 12.4. The number of nitrogens with zero attached hydrogens (tertiary/aromatic N) is 1. The molecule has 2 heterocycles. The highest BCUT2D eigenvalue weighted by molar-refractivity contribution is 7.89. The molecule has 120 valence electrons. The highest BCUT2D eigenvalue weighted by atomic mass is 32.2. The van der Waals surface area contributed by atoms with Crippen LogP contribution in [0, 0.1) is 5.92 Å². The van der Waals surface area contributed by atoms with E-state index in [1.165, 1.54) is 16.4 Å². The Labute approximate surface area is 130 Å². The fourth-order valence-electron chi connectivity index (χ4n) is 2.69. The molecule has 0 unspecified atom stereocenters. The SMILES string of the molecule is O=C(NCC1CNC1)c1ccc(S(=O)(=O)N2CCCC2)cc1. The van der Waals surface area contributed by atoms with Gasteiger partial charge >= 0.3 is 0 Å². The largest absolute Gasteiger partial charge is 0.352 e. The molecule has 1 aromatic carbocycles. The minimum atomic E-state index is -3.41. The molecular weight excluding hydrogens is 302 g/mol. The molecule has 1 aromatic rings. The van der Waals surface area contributed by atoms with Crippen LogP contribution < -0.4 is 10.6 Å². The van der Waals surface area contributed by atoms with Crippen molar-refractivity contribution >= 4 is 15.9 Å². The molecule has 3 rings (SSSR count). The van der Waals surface area contributed by atoms with E-state index in [1.807, 2.05) is 0 Å². The third kappa shape index (κ3) is 3.16. The molecule has 2 fully saturated rings. The topological polar surface area (TPSA) is 78.5 Å². The first kappa shape index (κ1) is 15.5. The predicted octanol–water partition coefficient (Wildman–Crippen LogP) is 0.420. The number of carbonyl (C=O) groups is 1. The Balaban J connectivity index is 1.65. The summed E-state index contributed by atoms with van der Waals surface area (Å²) in [5, 5.41) is 6.03. The molecule has 0 bridgehead atoms. The summed E-state index contributed by atoms with van der Waals surface area (Å²) in [5.41, 5.74) is 0.493. The van der Waals surface area contributed by atoms with Crippen molar-refractivity contribution in [1.29, 1.82) is 0 Å². The van der Waals surface area contributed by atoms with Crippen molar-refractivity contribution < 1.29 is 13.2 Å². The number of hydrogen-bond donors (Lipinski definition) is 2. The van der Waals surface area contributed by atoms with Gasteiger partial charge in [0.05, 0.1) is 4.90 Å². The van der Waals surface area contributed by atoms with E-state index in [1.54, 1.807) is 12.1 Å². The molecule has 2 aliphatic rings. The lowest BCUT2D eigenvalue weighted by atomic mass is 10.0. The van der Waals surface area contributed by atoms with E-state index in [2.05, 4.69) is 10.6 Å². The molecule has 0 atom stereocenters. The summed E-state index contributed by atoms with van der Waals surface area (Å²) < 4.78 is 26.3. The van der Waals surface area contributed by atoms with Gasteiger partial charge in [0.15, 0.2) is 0 Å². The van der Waals surface area contributed by atoms with Crippen LogP contribution in [0.2, 0.25) is 0 Å². The molecule has 2 N–H and O–H groups in total. The van der Waals surface area contributed by atoms with Gasteiger partial charge in [-0.05, 0) is 37.1 Å². The van der Waals surface area contributed by atoms with Crippen LogP contribution in [0.3, 0.4) is 0 Å². The van der Waals surface area contributed by atoms with Crippen molar-refractivity contribution in [3.05, 3.63) is 29.8 Å². The van der Waals surface area contributed by atoms with Crippen LogP contribution in [0.15, 0.2) is 29.2 Å². The van der Waals surface area contributed by atoms with E-state index in [0.29, 0.717) is 31.1 Å². The van der Waals surface area contributed by atoms with Gasteiger partial charge in [0, 0.05) is 44.2 Å². The molecule has 0 aromatic heterocycles. The molecule has 0 radical (unpaired) electrons. The van der Waals surface area contributed by atoms with Gasteiger partial charge in [-0.3, -0.25) is 4.79 Å². The van der Waals surface area contributed by atoms with Crippen molar-refractivity contribution in [2.75, 3.05) is 32.7 Å². The van der Waals surface area contributed by atoms with Gasteiger partial charge in [-0.1, -0.05) is 0 Å². The lowest BCUT2D eigenvalue weighted by Crippen LogP contribution is -2.48. The molecule has 0 spiro atoms. The highest BCUT2D eigenvalue weighted by Crippen LogP contribution is 2.21. The Hall–Kier alpha value is -1.44. The smallest absolute Gasteiger partial charge is 0.251 e. The fourth-order valence-corrected chi connectivity index (χ4v) is 4.20. The fraction of sp³-hybridized carbons (Fsp3) is 0.533. The van der Waals surface area contributed by atoms with Crippen molar-refractivity contribution in [2.45, 2.75) is 17.7 Å². The summed E-state index contributed by atoms with van der Waals surface area (Å²) in [4.78, 5) is 12.3. The number of rotatable bonds is 5. The molecule has 0 aliphatic carbocycles. The van der Waals surface area contributed by atoms with E-state index in [4.69, 9.17) is 0 Å². The Kier molecular flexibility index (Phi) is 4.46. The zero-order valence-electron chi connectivity index (χ0n) is 12.4. The molecular formula is C15H21N3O3S. The average Bonchev–Trinajstić information content (AvgIpc) is 3.00. The minimum absolute atomic E-state index is 0.156. The van der Waals surface area contributed by atoms with Gasteiger partial charge in [0.1, 0.15) is 0 Å². The summed E-state index contributed by atoms with van der Waals surface area (Å²) in [6.45, 7) is 3.69. The summed E-state index contributed by atoms with van der Waals surface area (Å²) in [6, 6.07) is 6.20. The van der Waals surface area contributed by atoms with E-state index < -0.39 is 10.0 Å². The Morgan fingerprint density at radius 2 is 1.82 bits per heavy atom. The normalized spacial score (nSPS) is 19.8. The molecule has 6 nitrogen and oxygen atoms in total. The Morgan fingerprint density at radius 1 is 1.18 bits per heavy atom. The van der Waals surface area contributed by atoms with Crippen LogP contribution in [0.25, 0.3) is 0 Å². The van der Waals surface area contributed by atoms with Gasteiger partial charge in [-0.15, -0.1) is 0 Å². The predicted molar refractivity (Wildman–Crippen MR) is 83.1 cm³/mol. The number of carbonyl (C=O) groups excluding carboxylic acids is 1. The number of sulfonamides is 1. The lowest BCUT2D eigenvalue weighted by Gasteiger charge is -2.27. The zero-order chi connectivity index (χ0) is 15.6. The number of benzene rings is 1. The van der Waals surface area contributed by atoms with Crippen molar-refractivity contribution in [3.8, 4) is 0 Å². The lowest BCUT2D eigenvalue weighted by molar-refractivity contribution is 0.0942.